The maximum atomic E-state index is 14.9. The number of benzene rings is 8. The van der Waals surface area contributed by atoms with Crippen molar-refractivity contribution < 1.29 is 4.57 Å². The van der Waals surface area contributed by atoms with Crippen LogP contribution in [0.5, 0.6) is 0 Å². The Kier molecular flexibility index (Phi) is 5.90. The largest absolute Gasteiger partial charge is 0.275 e. The monoisotopic (exact) mass is 749 g/mol. The van der Waals surface area contributed by atoms with Crippen LogP contribution >= 0.6 is 0 Å². The Morgan fingerprint density at radius 3 is 1.69 bits per heavy atom. The minimum Gasteiger partial charge on any atom is -0.275 e. The van der Waals surface area contributed by atoms with Gasteiger partial charge in [-0.25, -0.2) is 0 Å². The van der Waals surface area contributed by atoms with Gasteiger partial charge in [-0.3, -0.25) is 9.20 Å². The van der Waals surface area contributed by atoms with E-state index in [0.29, 0.717) is 0 Å². The van der Waals surface area contributed by atoms with Crippen molar-refractivity contribution in [3.63, 3.8) is 0 Å². The van der Waals surface area contributed by atoms with Crippen LogP contribution in [-0.2, 0) is 5.41 Å². The van der Waals surface area contributed by atoms with Gasteiger partial charge in [0.1, 0.15) is 0 Å². The second-order valence-electron chi connectivity index (χ2n) is 16.5. The third-order valence-electron chi connectivity index (χ3n) is 13.9. The van der Waals surface area contributed by atoms with E-state index >= 15 is 0 Å². The van der Waals surface area contributed by atoms with Crippen molar-refractivity contribution in [2.45, 2.75) is 11.5 Å². The lowest BCUT2D eigenvalue weighted by molar-refractivity contribution is -0.704. The van der Waals surface area contributed by atoms with Crippen LogP contribution in [0.25, 0.3) is 82.5 Å². The first-order valence-corrected chi connectivity index (χ1v) is 20.5. The number of hydrogen-bond acceptors (Lipinski definition) is 1. The Balaban J connectivity index is 1.08. The molecule has 272 valence electrons. The molecule has 0 saturated carbocycles. The molecule has 3 aliphatic carbocycles. The summed E-state index contributed by atoms with van der Waals surface area (Å²) >= 11 is 0. The lowest BCUT2D eigenvalue weighted by Gasteiger charge is -2.30. The summed E-state index contributed by atoms with van der Waals surface area (Å²) in [6.07, 6.45) is 4.33. The summed E-state index contributed by atoms with van der Waals surface area (Å²) in [6.45, 7) is 0. The van der Waals surface area contributed by atoms with Gasteiger partial charge in [0, 0.05) is 44.8 Å². The van der Waals surface area contributed by atoms with Crippen molar-refractivity contribution in [1.82, 2.24) is 4.40 Å². The standard InChI is InChI=1S/C56H33N2O/c59-55-42-20-5-3-15-36(42)46-29-34(33-24-25-41-43(28-33)35-14-2-4-19-40(35)53(41)57-26-12-1-13-27-57)30-47-45-31-44-39-18-8-11-23-50(39)56(51(44)32-52(45)58(55)54(46)47)48-21-9-6-16-37(48)38-17-7-10-22-49(38)56/h1-32,53H/q+1. The van der Waals surface area contributed by atoms with E-state index in [9.17, 15) is 4.79 Å². The minimum absolute atomic E-state index is 0.0242. The number of pyridine rings is 2. The van der Waals surface area contributed by atoms with E-state index in [4.69, 9.17) is 0 Å². The highest BCUT2D eigenvalue weighted by atomic mass is 16.1. The molecular weight excluding hydrogens is 717 g/mol. The molecule has 0 fully saturated rings. The van der Waals surface area contributed by atoms with Crippen LogP contribution in [0, 0.1) is 0 Å². The lowest BCUT2D eigenvalue weighted by atomic mass is 9.70. The number of fused-ring (bicyclic) bond motifs is 18. The summed E-state index contributed by atoms with van der Waals surface area (Å²) in [4.78, 5) is 14.9. The summed E-state index contributed by atoms with van der Waals surface area (Å²) in [7, 11) is 0. The Labute approximate surface area is 339 Å². The second kappa shape index (κ2) is 11.1. The molecule has 3 heterocycles. The van der Waals surface area contributed by atoms with Crippen molar-refractivity contribution in [1.29, 1.82) is 0 Å². The average Bonchev–Trinajstić information content (AvgIpc) is 4.00. The third kappa shape index (κ3) is 3.79. The van der Waals surface area contributed by atoms with Crippen LogP contribution in [0.1, 0.15) is 39.4 Å². The van der Waals surface area contributed by atoms with E-state index < -0.39 is 5.41 Å². The molecule has 11 aromatic rings. The van der Waals surface area contributed by atoms with Gasteiger partial charge in [0.25, 0.3) is 5.56 Å². The van der Waals surface area contributed by atoms with Crippen LogP contribution in [0.3, 0.4) is 0 Å². The highest BCUT2D eigenvalue weighted by molar-refractivity contribution is 6.22. The smallest absolute Gasteiger partial charge is 0.263 e. The molecule has 0 saturated heterocycles. The number of hydrogen-bond donors (Lipinski definition) is 0. The summed E-state index contributed by atoms with van der Waals surface area (Å²) < 4.78 is 4.34. The molecule has 3 aromatic heterocycles. The molecule has 8 aromatic carbocycles. The molecule has 0 radical (unpaired) electrons. The van der Waals surface area contributed by atoms with Crippen LogP contribution in [0.15, 0.2) is 199 Å². The maximum absolute atomic E-state index is 14.9. The van der Waals surface area contributed by atoms with E-state index in [2.05, 4.69) is 187 Å². The van der Waals surface area contributed by atoms with Crippen molar-refractivity contribution in [3.8, 4) is 44.5 Å². The van der Waals surface area contributed by atoms with Gasteiger partial charge in [0.2, 0.25) is 6.04 Å². The zero-order valence-electron chi connectivity index (χ0n) is 31.9. The number of rotatable bonds is 2. The molecule has 1 atom stereocenters. The summed E-state index contributed by atoms with van der Waals surface area (Å²) in [5.41, 5.74) is 19.1. The van der Waals surface area contributed by atoms with Crippen molar-refractivity contribution in [2.24, 2.45) is 0 Å². The average molecular weight is 750 g/mol. The zero-order valence-corrected chi connectivity index (χ0v) is 31.9. The molecule has 0 N–H and O–H groups in total. The van der Waals surface area contributed by atoms with Gasteiger partial charge in [0.05, 0.1) is 16.4 Å². The molecule has 0 bridgehead atoms. The molecule has 3 nitrogen and oxygen atoms in total. The number of aromatic nitrogens is 2. The van der Waals surface area contributed by atoms with Gasteiger partial charge in [0.15, 0.2) is 12.4 Å². The van der Waals surface area contributed by atoms with Gasteiger partial charge in [-0.05, 0) is 109 Å². The first-order valence-electron chi connectivity index (χ1n) is 20.5. The molecule has 3 aliphatic rings. The first kappa shape index (κ1) is 31.5. The Hall–Kier alpha value is -7.62. The van der Waals surface area contributed by atoms with E-state index in [1.165, 1.54) is 66.8 Å². The Morgan fingerprint density at radius 2 is 0.983 bits per heavy atom. The molecule has 3 heteroatoms. The van der Waals surface area contributed by atoms with Gasteiger partial charge < -0.3 is 0 Å². The highest BCUT2D eigenvalue weighted by Crippen LogP contribution is 2.63. The molecule has 0 aliphatic heterocycles. The van der Waals surface area contributed by atoms with Crippen LogP contribution < -0.4 is 10.1 Å². The van der Waals surface area contributed by atoms with Gasteiger partial charge in [-0.1, -0.05) is 133 Å². The lowest BCUT2D eigenvalue weighted by Crippen LogP contribution is -2.38. The topological polar surface area (TPSA) is 25.4 Å². The van der Waals surface area contributed by atoms with Crippen molar-refractivity contribution in [3.05, 3.63) is 238 Å². The Bertz CT molecular complexity index is 3660. The van der Waals surface area contributed by atoms with E-state index in [0.717, 1.165) is 49.1 Å². The zero-order chi connectivity index (χ0) is 38.6. The maximum Gasteiger partial charge on any atom is 0.263 e. The fraction of sp³-hybridized carbons (Fsp3) is 0.0357. The second-order valence-corrected chi connectivity index (χ2v) is 16.5. The third-order valence-corrected chi connectivity index (χ3v) is 13.9. The van der Waals surface area contributed by atoms with Gasteiger partial charge >= 0.3 is 0 Å². The number of nitrogens with zero attached hydrogens (tertiary/aromatic N) is 2. The first-order chi connectivity index (χ1) is 29.2. The Morgan fingerprint density at radius 1 is 0.407 bits per heavy atom. The normalized spacial score (nSPS) is 15.2. The SMILES string of the molecule is O=c1c2ccccc2c2cc(-c3ccc4c(c3)-c3ccccc3C4[n+]3ccccc3)cc3c4cc5c(cc4n1c23)C1(c2ccccc2-c2ccccc21)c1ccccc1-5. The van der Waals surface area contributed by atoms with E-state index in [1.807, 2.05) is 16.5 Å². The van der Waals surface area contributed by atoms with E-state index in [-0.39, 0.29) is 11.6 Å². The van der Waals surface area contributed by atoms with Crippen molar-refractivity contribution >= 4 is 38.0 Å². The predicted molar refractivity (Wildman–Crippen MR) is 238 cm³/mol. The van der Waals surface area contributed by atoms with E-state index in [1.54, 1.807) is 0 Å². The van der Waals surface area contributed by atoms with Crippen molar-refractivity contribution in [2.75, 3.05) is 0 Å². The molecule has 59 heavy (non-hydrogen) atoms. The fourth-order valence-electron chi connectivity index (χ4n) is 11.6. The molecule has 14 rings (SSSR count). The molecular formula is C56H33N2O+. The summed E-state index contributed by atoms with van der Waals surface area (Å²) in [5, 5.41) is 5.01. The molecule has 1 unspecified atom stereocenters. The quantitative estimate of drug-likeness (QED) is 0.128. The summed E-state index contributed by atoms with van der Waals surface area (Å²) in [6, 6.07) is 66.6. The van der Waals surface area contributed by atoms with Gasteiger partial charge in [-0.15, -0.1) is 0 Å². The minimum atomic E-state index is -0.496. The predicted octanol–water partition coefficient (Wildman–Crippen LogP) is 12.1. The summed E-state index contributed by atoms with van der Waals surface area (Å²) in [5.74, 6) is 0. The van der Waals surface area contributed by atoms with Crippen LogP contribution in [0.4, 0.5) is 0 Å². The molecule has 0 amide bonds. The fourth-order valence-corrected chi connectivity index (χ4v) is 11.6. The van der Waals surface area contributed by atoms with Crippen LogP contribution in [0.2, 0.25) is 0 Å². The molecule has 1 spiro atoms. The van der Waals surface area contributed by atoms with Crippen LogP contribution in [-0.4, -0.2) is 4.40 Å². The highest BCUT2D eigenvalue weighted by Gasteiger charge is 2.51. The van der Waals surface area contributed by atoms with Gasteiger partial charge in [-0.2, -0.15) is 4.57 Å².